The molecule has 1 nitrogen and oxygen atoms in total. The standard InChI is InChI=1S/C18H24FIOSi/c1-18(2,3)22(4,5)21-12-11-14-15(19)10-9-13-7-6-8-16(20)17(13)14/h6-10H,11-12H2,1-5H3. The lowest BCUT2D eigenvalue weighted by molar-refractivity contribution is 0.291. The van der Waals surface area contributed by atoms with E-state index in [1.165, 1.54) is 0 Å². The van der Waals surface area contributed by atoms with E-state index in [1.807, 2.05) is 24.3 Å². The van der Waals surface area contributed by atoms with Crippen molar-refractivity contribution in [2.75, 3.05) is 6.61 Å². The Morgan fingerprint density at radius 3 is 2.45 bits per heavy atom. The van der Waals surface area contributed by atoms with Crippen LogP contribution < -0.4 is 0 Å². The molecule has 4 heteroatoms. The Hall–Kier alpha value is -0.463. The van der Waals surface area contributed by atoms with Gasteiger partial charge >= 0.3 is 0 Å². The van der Waals surface area contributed by atoms with Crippen LogP contribution in [-0.4, -0.2) is 14.9 Å². The summed E-state index contributed by atoms with van der Waals surface area (Å²) in [5.74, 6) is -0.129. The van der Waals surface area contributed by atoms with Crippen molar-refractivity contribution in [3.05, 3.63) is 45.3 Å². The second-order valence-corrected chi connectivity index (χ2v) is 13.2. The van der Waals surface area contributed by atoms with Crippen LogP contribution in [0.2, 0.25) is 18.1 Å². The van der Waals surface area contributed by atoms with Gasteiger partial charge in [-0.25, -0.2) is 4.39 Å². The highest BCUT2D eigenvalue weighted by Gasteiger charge is 2.36. The van der Waals surface area contributed by atoms with Gasteiger partial charge in [-0.3, -0.25) is 0 Å². The molecule has 0 saturated heterocycles. The molecule has 0 aliphatic carbocycles. The van der Waals surface area contributed by atoms with E-state index in [9.17, 15) is 4.39 Å². The zero-order chi connectivity index (χ0) is 16.5. The maximum atomic E-state index is 14.3. The Labute approximate surface area is 147 Å². The smallest absolute Gasteiger partial charge is 0.191 e. The van der Waals surface area contributed by atoms with Crippen LogP contribution in [0.5, 0.6) is 0 Å². The zero-order valence-electron chi connectivity index (χ0n) is 14.0. The molecule has 0 aliphatic heterocycles. The van der Waals surface area contributed by atoms with Crippen LogP contribution in [0.1, 0.15) is 26.3 Å². The molecule has 22 heavy (non-hydrogen) atoms. The van der Waals surface area contributed by atoms with Crippen molar-refractivity contribution in [3.63, 3.8) is 0 Å². The molecule has 2 aromatic rings. The van der Waals surface area contributed by atoms with Crippen molar-refractivity contribution in [2.45, 2.75) is 45.3 Å². The van der Waals surface area contributed by atoms with E-state index < -0.39 is 8.32 Å². The van der Waals surface area contributed by atoms with Crippen LogP contribution in [0, 0.1) is 9.39 Å². The normalized spacial score (nSPS) is 12.9. The monoisotopic (exact) mass is 430 g/mol. The van der Waals surface area contributed by atoms with Gasteiger partial charge in [0.25, 0.3) is 0 Å². The van der Waals surface area contributed by atoms with Crippen molar-refractivity contribution in [2.24, 2.45) is 0 Å². The summed E-state index contributed by atoms with van der Waals surface area (Å²) < 4.78 is 21.6. The van der Waals surface area contributed by atoms with Crippen molar-refractivity contribution >= 4 is 41.7 Å². The zero-order valence-corrected chi connectivity index (χ0v) is 17.1. The van der Waals surface area contributed by atoms with E-state index in [1.54, 1.807) is 6.07 Å². The molecule has 0 spiro atoms. The van der Waals surface area contributed by atoms with Gasteiger partial charge in [0, 0.05) is 15.6 Å². The summed E-state index contributed by atoms with van der Waals surface area (Å²) in [4.78, 5) is 0. The maximum absolute atomic E-state index is 14.3. The molecule has 2 rings (SSSR count). The first-order valence-electron chi connectivity index (χ1n) is 7.63. The number of rotatable bonds is 4. The number of benzene rings is 2. The van der Waals surface area contributed by atoms with Gasteiger partial charge in [-0.05, 0) is 70.2 Å². The molecule has 2 aromatic carbocycles. The number of fused-ring (bicyclic) bond motifs is 1. The lowest BCUT2D eigenvalue weighted by atomic mass is 10.0. The van der Waals surface area contributed by atoms with Gasteiger partial charge in [-0.2, -0.15) is 0 Å². The van der Waals surface area contributed by atoms with E-state index in [2.05, 4.69) is 56.5 Å². The molecule has 0 heterocycles. The number of hydrogen-bond acceptors (Lipinski definition) is 1. The third-order valence-corrected chi connectivity index (χ3v) is 10.1. The molecule has 0 aromatic heterocycles. The van der Waals surface area contributed by atoms with Crippen LogP contribution in [0.3, 0.4) is 0 Å². The van der Waals surface area contributed by atoms with E-state index in [0.717, 1.165) is 19.9 Å². The largest absolute Gasteiger partial charge is 0.416 e. The van der Waals surface area contributed by atoms with Gasteiger partial charge < -0.3 is 4.43 Å². The molecule has 0 saturated carbocycles. The van der Waals surface area contributed by atoms with Crippen LogP contribution in [0.25, 0.3) is 10.8 Å². The lowest BCUT2D eigenvalue weighted by Gasteiger charge is -2.36. The molecular formula is C18H24FIOSi. The van der Waals surface area contributed by atoms with Gasteiger partial charge in [0.1, 0.15) is 5.82 Å². The van der Waals surface area contributed by atoms with Crippen LogP contribution in [-0.2, 0) is 10.8 Å². The third kappa shape index (κ3) is 3.71. The first-order valence-corrected chi connectivity index (χ1v) is 11.6. The molecule has 0 unspecified atom stereocenters. The summed E-state index contributed by atoms with van der Waals surface area (Å²) in [6, 6.07) is 9.50. The number of hydrogen-bond donors (Lipinski definition) is 0. The van der Waals surface area contributed by atoms with Gasteiger partial charge in [0.05, 0.1) is 0 Å². The van der Waals surface area contributed by atoms with Crippen molar-refractivity contribution in [1.29, 1.82) is 0 Å². The van der Waals surface area contributed by atoms with Gasteiger partial charge in [-0.15, -0.1) is 0 Å². The highest BCUT2D eigenvalue weighted by molar-refractivity contribution is 14.1. The Balaban J connectivity index is 2.24. The Bertz CT molecular complexity index is 677. The minimum atomic E-state index is -1.78. The van der Waals surface area contributed by atoms with E-state index in [0.29, 0.717) is 13.0 Å². The first kappa shape index (κ1) is 17.9. The Morgan fingerprint density at radius 1 is 1.14 bits per heavy atom. The molecule has 0 amide bonds. The molecule has 0 radical (unpaired) electrons. The van der Waals surface area contributed by atoms with Crippen molar-refractivity contribution in [3.8, 4) is 0 Å². The Kier molecular flexibility index (Phi) is 5.34. The third-order valence-electron chi connectivity index (χ3n) is 4.67. The van der Waals surface area contributed by atoms with Crippen LogP contribution in [0.4, 0.5) is 4.39 Å². The molecule has 0 atom stereocenters. The highest BCUT2D eigenvalue weighted by atomic mass is 127. The lowest BCUT2D eigenvalue weighted by Crippen LogP contribution is -2.41. The van der Waals surface area contributed by atoms with Crippen molar-refractivity contribution < 1.29 is 8.82 Å². The first-order chi connectivity index (χ1) is 10.1. The van der Waals surface area contributed by atoms with Gasteiger partial charge in [0.15, 0.2) is 8.32 Å². The summed E-state index contributed by atoms with van der Waals surface area (Å²) in [5, 5.41) is 2.30. The SMILES string of the molecule is CC(C)(C)[Si](C)(C)OCCc1c(F)ccc2cccc(I)c12. The minimum absolute atomic E-state index is 0.129. The van der Waals surface area contributed by atoms with E-state index in [-0.39, 0.29) is 10.9 Å². The molecule has 0 aliphatic rings. The Morgan fingerprint density at radius 2 is 1.82 bits per heavy atom. The maximum Gasteiger partial charge on any atom is 0.191 e. The number of halogens is 2. The summed E-state index contributed by atoms with van der Waals surface area (Å²) in [6.07, 6.45) is 0.621. The predicted octanol–water partition coefficient (Wildman–Crippen LogP) is 6.15. The summed E-state index contributed by atoms with van der Waals surface area (Å²) in [6.45, 7) is 11.7. The quantitative estimate of drug-likeness (QED) is 0.418. The van der Waals surface area contributed by atoms with Crippen molar-refractivity contribution in [1.82, 2.24) is 0 Å². The van der Waals surface area contributed by atoms with Crippen LogP contribution >= 0.6 is 22.6 Å². The fourth-order valence-corrected chi connectivity index (χ4v) is 4.14. The average Bonchev–Trinajstić information content (AvgIpc) is 2.40. The summed E-state index contributed by atoms with van der Waals surface area (Å²) in [7, 11) is -1.78. The molecule has 0 fully saturated rings. The van der Waals surface area contributed by atoms with E-state index in [4.69, 9.17) is 4.43 Å². The second-order valence-electron chi connectivity index (χ2n) is 7.22. The highest BCUT2D eigenvalue weighted by Crippen LogP contribution is 2.36. The minimum Gasteiger partial charge on any atom is -0.416 e. The van der Waals surface area contributed by atoms with Gasteiger partial charge in [0.2, 0.25) is 0 Å². The van der Waals surface area contributed by atoms with E-state index >= 15 is 0 Å². The van der Waals surface area contributed by atoms with Crippen LogP contribution in [0.15, 0.2) is 30.3 Å². The summed E-state index contributed by atoms with van der Waals surface area (Å²) in [5.41, 5.74) is 0.779. The summed E-state index contributed by atoms with van der Waals surface area (Å²) >= 11 is 2.28. The molecule has 0 bridgehead atoms. The molecule has 120 valence electrons. The molecule has 0 N–H and O–H groups in total. The second kappa shape index (κ2) is 6.57. The van der Waals surface area contributed by atoms with Gasteiger partial charge in [-0.1, -0.05) is 39.0 Å². The fourth-order valence-electron chi connectivity index (χ4n) is 2.25. The topological polar surface area (TPSA) is 9.23 Å². The predicted molar refractivity (Wildman–Crippen MR) is 103 cm³/mol. The average molecular weight is 430 g/mol. The molecular weight excluding hydrogens is 406 g/mol. The fraction of sp³-hybridized carbons (Fsp3) is 0.444.